The van der Waals surface area contributed by atoms with E-state index in [1.165, 1.54) is 10.5 Å². The van der Waals surface area contributed by atoms with Gasteiger partial charge in [0.1, 0.15) is 11.4 Å². The second kappa shape index (κ2) is 9.69. The summed E-state index contributed by atoms with van der Waals surface area (Å²) in [7, 11) is 0. The summed E-state index contributed by atoms with van der Waals surface area (Å²) in [5, 5.41) is 3.20. The van der Waals surface area contributed by atoms with E-state index in [0.717, 1.165) is 17.7 Å². The maximum absolute atomic E-state index is 13.4. The highest BCUT2D eigenvalue weighted by Crippen LogP contribution is 2.32. The van der Waals surface area contributed by atoms with Crippen molar-refractivity contribution >= 4 is 23.1 Å². The lowest BCUT2D eigenvalue weighted by molar-refractivity contribution is -0.137. The fourth-order valence-corrected chi connectivity index (χ4v) is 3.72. The fraction of sp³-hybridized carbons (Fsp3) is 0.222. The molecule has 0 fully saturated rings. The van der Waals surface area contributed by atoms with Crippen molar-refractivity contribution in [3.63, 3.8) is 0 Å². The van der Waals surface area contributed by atoms with Gasteiger partial charge in [0.25, 0.3) is 11.8 Å². The lowest BCUT2D eigenvalue weighted by atomic mass is 10.0. The molecule has 1 aliphatic heterocycles. The first-order chi connectivity index (χ1) is 16.0. The molecule has 4 rings (SSSR count). The van der Waals surface area contributed by atoms with Crippen LogP contribution in [0.4, 0.5) is 5.69 Å². The summed E-state index contributed by atoms with van der Waals surface area (Å²) in [6.07, 6.45) is 4.29. The number of pyridine rings is 1. The first kappa shape index (κ1) is 22.3. The van der Waals surface area contributed by atoms with Crippen molar-refractivity contribution in [1.82, 2.24) is 9.88 Å². The van der Waals surface area contributed by atoms with Gasteiger partial charge in [0.15, 0.2) is 0 Å². The van der Waals surface area contributed by atoms with E-state index in [4.69, 9.17) is 4.74 Å². The third-order valence-corrected chi connectivity index (χ3v) is 5.38. The third-order valence-electron chi connectivity index (χ3n) is 5.38. The Hall–Kier alpha value is -3.93. The fourth-order valence-electron chi connectivity index (χ4n) is 3.72. The van der Waals surface area contributed by atoms with Crippen molar-refractivity contribution in [3.05, 3.63) is 95.4 Å². The maximum atomic E-state index is 13.4. The van der Waals surface area contributed by atoms with Crippen molar-refractivity contribution in [3.8, 4) is 5.75 Å². The Morgan fingerprint density at radius 1 is 0.939 bits per heavy atom. The van der Waals surface area contributed by atoms with Crippen molar-refractivity contribution in [1.29, 1.82) is 0 Å². The van der Waals surface area contributed by atoms with Gasteiger partial charge in [-0.05, 0) is 67.3 Å². The van der Waals surface area contributed by atoms with E-state index in [0.29, 0.717) is 16.9 Å². The molecule has 0 unspecified atom stereocenters. The maximum Gasteiger partial charge on any atom is 0.278 e. The second-order valence-corrected chi connectivity index (χ2v) is 8.17. The number of imide groups is 1. The molecule has 0 saturated carbocycles. The number of hydrogen-bond donors (Lipinski definition) is 1. The molecule has 2 amide bonds. The molecule has 6 nitrogen and oxygen atoms in total. The number of nitrogens with one attached hydrogen (secondary N) is 1. The molecule has 3 aromatic rings. The standard InChI is InChI=1S/C27H27N3O3/c1-4-19-7-11-22(12-8-19)29-25-24(21-9-13-23(14-10-21)33-18(2)3)26(31)30(27(25)32)17-20-6-5-15-28-16-20/h5-16,18,29H,4,17H2,1-3H3. The zero-order valence-electron chi connectivity index (χ0n) is 19.0. The van der Waals surface area contributed by atoms with Gasteiger partial charge in [-0.3, -0.25) is 19.5 Å². The largest absolute Gasteiger partial charge is 0.491 e. The topological polar surface area (TPSA) is 71.5 Å². The summed E-state index contributed by atoms with van der Waals surface area (Å²) in [6.45, 7) is 6.16. The molecule has 0 radical (unpaired) electrons. The smallest absolute Gasteiger partial charge is 0.278 e. The highest BCUT2D eigenvalue weighted by Gasteiger charge is 2.39. The molecule has 0 spiro atoms. The van der Waals surface area contributed by atoms with Gasteiger partial charge in [-0.25, -0.2) is 0 Å². The van der Waals surface area contributed by atoms with Crippen LogP contribution in [0, 0.1) is 0 Å². The summed E-state index contributed by atoms with van der Waals surface area (Å²) in [5.41, 5.74) is 4.01. The molecule has 0 bridgehead atoms. The summed E-state index contributed by atoms with van der Waals surface area (Å²) in [4.78, 5) is 32.2. The lowest BCUT2D eigenvalue weighted by Crippen LogP contribution is -2.32. The number of benzene rings is 2. The van der Waals surface area contributed by atoms with Crippen molar-refractivity contribution in [2.45, 2.75) is 39.8 Å². The van der Waals surface area contributed by atoms with E-state index in [2.05, 4.69) is 17.2 Å². The number of aryl methyl sites for hydroxylation is 1. The van der Waals surface area contributed by atoms with Crippen molar-refractivity contribution in [2.24, 2.45) is 0 Å². The van der Waals surface area contributed by atoms with Crippen LogP contribution in [0.25, 0.3) is 5.57 Å². The zero-order chi connectivity index (χ0) is 23.4. The molecule has 0 atom stereocenters. The number of amides is 2. The monoisotopic (exact) mass is 441 g/mol. The normalized spacial score (nSPS) is 13.8. The van der Waals surface area contributed by atoms with Gasteiger partial charge < -0.3 is 10.1 Å². The number of rotatable bonds is 8. The van der Waals surface area contributed by atoms with E-state index in [-0.39, 0.29) is 30.2 Å². The van der Waals surface area contributed by atoms with Crippen LogP contribution >= 0.6 is 0 Å². The minimum absolute atomic E-state index is 0.0445. The van der Waals surface area contributed by atoms with E-state index in [1.54, 1.807) is 18.5 Å². The van der Waals surface area contributed by atoms with Crippen molar-refractivity contribution in [2.75, 3.05) is 5.32 Å². The SMILES string of the molecule is CCc1ccc(NC2=C(c3ccc(OC(C)C)cc3)C(=O)N(Cc3cccnc3)C2=O)cc1. The number of nitrogens with zero attached hydrogens (tertiary/aromatic N) is 2. The van der Waals surface area contributed by atoms with Crippen LogP contribution in [0.5, 0.6) is 5.75 Å². The molecule has 6 heteroatoms. The molecule has 1 N–H and O–H groups in total. The van der Waals surface area contributed by atoms with E-state index in [9.17, 15) is 9.59 Å². The first-order valence-electron chi connectivity index (χ1n) is 11.1. The number of carbonyl (C=O) groups is 2. The van der Waals surface area contributed by atoms with Crippen LogP contribution in [0.15, 0.2) is 78.8 Å². The number of hydrogen-bond acceptors (Lipinski definition) is 5. The third kappa shape index (κ3) is 4.95. The number of ether oxygens (including phenoxy) is 1. The zero-order valence-corrected chi connectivity index (χ0v) is 19.0. The Balaban J connectivity index is 1.70. The van der Waals surface area contributed by atoms with Gasteiger partial charge >= 0.3 is 0 Å². The van der Waals surface area contributed by atoms with Gasteiger partial charge in [-0.1, -0.05) is 37.3 Å². The van der Waals surface area contributed by atoms with Crippen molar-refractivity contribution < 1.29 is 14.3 Å². The molecular formula is C27H27N3O3. The lowest BCUT2D eigenvalue weighted by Gasteiger charge is -2.15. The molecule has 168 valence electrons. The summed E-state index contributed by atoms with van der Waals surface area (Å²) < 4.78 is 5.72. The quantitative estimate of drug-likeness (QED) is 0.507. The van der Waals surface area contributed by atoms with Crippen LogP contribution in [-0.2, 0) is 22.6 Å². The van der Waals surface area contributed by atoms with Gasteiger partial charge in [0.05, 0.1) is 18.2 Å². The van der Waals surface area contributed by atoms with Crippen LogP contribution in [0.2, 0.25) is 0 Å². The average molecular weight is 442 g/mol. The molecule has 2 heterocycles. The first-order valence-corrected chi connectivity index (χ1v) is 11.1. The molecule has 2 aromatic carbocycles. The van der Waals surface area contributed by atoms with Gasteiger partial charge in [0.2, 0.25) is 0 Å². The molecular weight excluding hydrogens is 414 g/mol. The number of carbonyl (C=O) groups excluding carboxylic acids is 2. The predicted octanol–water partition coefficient (Wildman–Crippen LogP) is 4.82. The minimum atomic E-state index is -0.360. The van der Waals surface area contributed by atoms with Gasteiger partial charge in [0, 0.05) is 18.1 Å². The van der Waals surface area contributed by atoms with Crippen LogP contribution in [0.3, 0.4) is 0 Å². The van der Waals surface area contributed by atoms with E-state index < -0.39 is 0 Å². The highest BCUT2D eigenvalue weighted by molar-refractivity contribution is 6.36. The molecule has 1 aliphatic rings. The summed E-state index contributed by atoms with van der Waals surface area (Å²) in [6, 6.07) is 18.8. The molecule has 0 aliphatic carbocycles. The summed E-state index contributed by atoms with van der Waals surface area (Å²) in [5.74, 6) is 0.0120. The Morgan fingerprint density at radius 2 is 1.67 bits per heavy atom. The highest BCUT2D eigenvalue weighted by atomic mass is 16.5. The molecule has 0 saturated heterocycles. The van der Waals surface area contributed by atoms with Crippen LogP contribution < -0.4 is 10.1 Å². The van der Waals surface area contributed by atoms with Crippen LogP contribution in [0.1, 0.15) is 37.5 Å². The Labute approximate surface area is 193 Å². The van der Waals surface area contributed by atoms with Crippen LogP contribution in [-0.4, -0.2) is 27.8 Å². The Kier molecular flexibility index (Phi) is 6.54. The van der Waals surface area contributed by atoms with Gasteiger partial charge in [-0.2, -0.15) is 0 Å². The number of aromatic nitrogens is 1. The minimum Gasteiger partial charge on any atom is -0.491 e. The van der Waals surface area contributed by atoms with E-state index in [1.807, 2.05) is 68.4 Å². The summed E-state index contributed by atoms with van der Waals surface area (Å²) >= 11 is 0. The second-order valence-electron chi connectivity index (χ2n) is 8.17. The van der Waals surface area contributed by atoms with Gasteiger partial charge in [-0.15, -0.1) is 0 Å². The number of anilines is 1. The Bertz CT molecular complexity index is 1170. The Morgan fingerprint density at radius 3 is 2.27 bits per heavy atom. The molecule has 1 aromatic heterocycles. The van der Waals surface area contributed by atoms with E-state index >= 15 is 0 Å². The average Bonchev–Trinajstić information content (AvgIpc) is 3.05. The predicted molar refractivity (Wildman–Crippen MR) is 128 cm³/mol. The molecule has 33 heavy (non-hydrogen) atoms.